The largest absolute Gasteiger partial charge is 0.493 e. The molecule has 1 aromatic carbocycles. The summed E-state index contributed by atoms with van der Waals surface area (Å²) in [4.78, 5) is 29.3. The van der Waals surface area contributed by atoms with Crippen LogP contribution in [0, 0.1) is 0 Å². The number of aryl methyl sites for hydroxylation is 1. The van der Waals surface area contributed by atoms with Crippen molar-refractivity contribution in [1.82, 2.24) is 14.9 Å². The highest BCUT2D eigenvalue weighted by molar-refractivity contribution is 5.81. The highest BCUT2D eigenvalue weighted by Crippen LogP contribution is 2.29. The van der Waals surface area contributed by atoms with Crippen molar-refractivity contribution < 1.29 is 14.3 Å². The number of ether oxygens (including phenoxy) is 2. The van der Waals surface area contributed by atoms with Crippen molar-refractivity contribution in [3.05, 3.63) is 28.8 Å². The van der Waals surface area contributed by atoms with Crippen LogP contribution in [0.1, 0.15) is 51.4 Å². The lowest BCUT2D eigenvalue weighted by Crippen LogP contribution is -2.34. The second-order valence-electron chi connectivity index (χ2n) is 7.33. The van der Waals surface area contributed by atoms with Gasteiger partial charge >= 0.3 is 0 Å². The third-order valence-corrected chi connectivity index (χ3v) is 5.35. The molecule has 0 aliphatic heterocycles. The maximum absolute atomic E-state index is 12.8. The van der Waals surface area contributed by atoms with Gasteiger partial charge in [0.1, 0.15) is 0 Å². The number of nitrogens with one attached hydrogen (secondary N) is 1. The van der Waals surface area contributed by atoms with E-state index in [0.717, 1.165) is 12.8 Å². The zero-order valence-electron chi connectivity index (χ0n) is 16.7. The molecule has 7 heteroatoms. The van der Waals surface area contributed by atoms with Gasteiger partial charge in [0.25, 0.3) is 5.56 Å². The van der Waals surface area contributed by atoms with E-state index in [0.29, 0.717) is 47.8 Å². The first kappa shape index (κ1) is 20.2. The van der Waals surface area contributed by atoms with E-state index in [1.54, 1.807) is 23.8 Å². The first-order valence-corrected chi connectivity index (χ1v) is 10.0. The number of carbonyl (C=O) groups excluding carboxylic acids is 1. The predicted molar refractivity (Wildman–Crippen MR) is 108 cm³/mol. The topological polar surface area (TPSA) is 82.5 Å². The van der Waals surface area contributed by atoms with Crippen LogP contribution in [0.3, 0.4) is 0 Å². The van der Waals surface area contributed by atoms with Crippen molar-refractivity contribution in [3.63, 3.8) is 0 Å². The molecule has 2 aromatic rings. The molecule has 3 rings (SSSR count). The van der Waals surface area contributed by atoms with Gasteiger partial charge in [-0.25, -0.2) is 4.98 Å². The van der Waals surface area contributed by atoms with E-state index in [-0.39, 0.29) is 11.5 Å². The highest BCUT2D eigenvalue weighted by atomic mass is 16.5. The molecule has 0 spiro atoms. The molecule has 0 bridgehead atoms. The Hall–Kier alpha value is -2.57. The van der Waals surface area contributed by atoms with Gasteiger partial charge in [-0.3, -0.25) is 14.2 Å². The lowest BCUT2D eigenvalue weighted by Gasteiger charge is -2.16. The van der Waals surface area contributed by atoms with Crippen molar-refractivity contribution in [2.24, 2.45) is 0 Å². The minimum Gasteiger partial charge on any atom is -0.493 e. The van der Waals surface area contributed by atoms with Crippen LogP contribution in [0.4, 0.5) is 0 Å². The molecular weight excluding hydrogens is 358 g/mol. The van der Waals surface area contributed by atoms with Gasteiger partial charge in [0.15, 0.2) is 11.5 Å². The van der Waals surface area contributed by atoms with Gasteiger partial charge in [0, 0.05) is 25.1 Å². The summed E-state index contributed by atoms with van der Waals surface area (Å²) in [5.41, 5.74) is 0.417. The molecule has 1 amide bonds. The van der Waals surface area contributed by atoms with Gasteiger partial charge in [-0.2, -0.15) is 0 Å². The van der Waals surface area contributed by atoms with E-state index in [1.165, 1.54) is 39.1 Å². The lowest BCUT2D eigenvalue weighted by atomic mass is 10.1. The zero-order valence-corrected chi connectivity index (χ0v) is 16.7. The van der Waals surface area contributed by atoms with E-state index >= 15 is 0 Å². The molecule has 28 heavy (non-hydrogen) atoms. The number of nitrogens with zero attached hydrogens (tertiary/aromatic N) is 2. The summed E-state index contributed by atoms with van der Waals surface area (Å²) < 4.78 is 12.1. The number of fused-ring (bicyclic) bond motifs is 1. The van der Waals surface area contributed by atoms with E-state index in [2.05, 4.69) is 10.3 Å². The van der Waals surface area contributed by atoms with Crippen molar-refractivity contribution >= 4 is 16.8 Å². The van der Waals surface area contributed by atoms with E-state index in [4.69, 9.17) is 9.47 Å². The molecule has 1 fully saturated rings. The Labute approximate surface area is 165 Å². The van der Waals surface area contributed by atoms with E-state index in [1.807, 2.05) is 0 Å². The summed E-state index contributed by atoms with van der Waals surface area (Å²) in [5.74, 6) is 1.10. The summed E-state index contributed by atoms with van der Waals surface area (Å²) in [6.07, 6.45) is 9.60. The van der Waals surface area contributed by atoms with Crippen molar-refractivity contribution in [1.29, 1.82) is 0 Å². The second-order valence-corrected chi connectivity index (χ2v) is 7.33. The fourth-order valence-corrected chi connectivity index (χ4v) is 3.78. The normalized spacial score (nSPS) is 15.2. The van der Waals surface area contributed by atoms with Crippen LogP contribution < -0.4 is 20.3 Å². The van der Waals surface area contributed by atoms with Crippen LogP contribution in [-0.4, -0.2) is 35.7 Å². The van der Waals surface area contributed by atoms with Gasteiger partial charge in [-0.1, -0.05) is 25.7 Å². The minimum atomic E-state index is -0.143. The number of methoxy groups -OCH3 is 2. The van der Waals surface area contributed by atoms with Gasteiger partial charge < -0.3 is 14.8 Å². The Balaban J connectivity index is 1.61. The third kappa shape index (κ3) is 4.82. The number of carbonyl (C=O) groups is 1. The van der Waals surface area contributed by atoms with Gasteiger partial charge in [-0.15, -0.1) is 0 Å². The van der Waals surface area contributed by atoms with Gasteiger partial charge in [-0.05, 0) is 25.3 Å². The Kier molecular flexibility index (Phi) is 6.90. The van der Waals surface area contributed by atoms with Crippen LogP contribution >= 0.6 is 0 Å². The van der Waals surface area contributed by atoms with E-state index in [9.17, 15) is 9.59 Å². The minimum absolute atomic E-state index is 0.0695. The van der Waals surface area contributed by atoms with Crippen LogP contribution in [0.5, 0.6) is 11.5 Å². The first-order valence-electron chi connectivity index (χ1n) is 10.0. The maximum atomic E-state index is 12.8. The standard InChI is InChI=1S/C21H29N3O4/c1-27-18-12-16-17(13-19(18)28-2)22-14-24(21(16)26)11-7-10-20(25)23-15-8-5-3-4-6-9-15/h12-15H,3-11H2,1-2H3,(H,23,25). The molecule has 0 unspecified atom stereocenters. The highest BCUT2D eigenvalue weighted by Gasteiger charge is 2.15. The molecule has 0 saturated heterocycles. The zero-order chi connectivity index (χ0) is 19.9. The number of benzene rings is 1. The molecule has 0 atom stereocenters. The van der Waals surface area contributed by atoms with Gasteiger partial charge in [0.2, 0.25) is 5.91 Å². The number of rotatable bonds is 7. The smallest absolute Gasteiger partial charge is 0.261 e. The fourth-order valence-electron chi connectivity index (χ4n) is 3.78. The molecule has 7 nitrogen and oxygen atoms in total. The number of hydrogen-bond acceptors (Lipinski definition) is 5. The van der Waals surface area contributed by atoms with Crippen LogP contribution in [0.15, 0.2) is 23.3 Å². The van der Waals surface area contributed by atoms with Crippen molar-refractivity contribution in [2.45, 2.75) is 64.0 Å². The lowest BCUT2D eigenvalue weighted by molar-refractivity contribution is -0.122. The third-order valence-electron chi connectivity index (χ3n) is 5.35. The molecule has 1 saturated carbocycles. The Bertz CT molecular complexity index is 870. The summed E-state index contributed by atoms with van der Waals surface area (Å²) in [6, 6.07) is 3.65. The average Bonchev–Trinajstić information content (AvgIpc) is 2.97. The number of amides is 1. The van der Waals surface area contributed by atoms with E-state index < -0.39 is 0 Å². The SMILES string of the molecule is COc1cc2ncn(CCCC(=O)NC3CCCCCC3)c(=O)c2cc1OC. The number of aromatic nitrogens is 2. The van der Waals surface area contributed by atoms with Crippen LogP contribution in [0.25, 0.3) is 10.9 Å². The quantitative estimate of drug-likeness (QED) is 0.739. The summed E-state index contributed by atoms with van der Waals surface area (Å²) >= 11 is 0. The second kappa shape index (κ2) is 9.57. The summed E-state index contributed by atoms with van der Waals surface area (Å²) in [7, 11) is 3.08. The first-order chi connectivity index (χ1) is 13.6. The molecule has 1 heterocycles. The Morgan fingerprint density at radius 3 is 2.50 bits per heavy atom. The monoisotopic (exact) mass is 387 g/mol. The van der Waals surface area contributed by atoms with Crippen LogP contribution in [0.2, 0.25) is 0 Å². The molecule has 1 aliphatic carbocycles. The Morgan fingerprint density at radius 2 is 1.82 bits per heavy atom. The summed E-state index contributed by atoms with van der Waals surface area (Å²) in [5, 5.41) is 3.62. The molecule has 152 valence electrons. The maximum Gasteiger partial charge on any atom is 0.261 e. The average molecular weight is 387 g/mol. The fraction of sp³-hybridized carbons (Fsp3) is 0.571. The number of hydrogen-bond donors (Lipinski definition) is 1. The van der Waals surface area contributed by atoms with Crippen LogP contribution in [-0.2, 0) is 11.3 Å². The Morgan fingerprint density at radius 1 is 1.14 bits per heavy atom. The molecule has 0 radical (unpaired) electrons. The molecule has 1 aliphatic rings. The molecule has 1 N–H and O–H groups in total. The summed E-state index contributed by atoms with van der Waals surface area (Å²) in [6.45, 7) is 0.453. The predicted octanol–water partition coefficient (Wildman–Crippen LogP) is 3.03. The van der Waals surface area contributed by atoms with Crippen molar-refractivity contribution in [2.75, 3.05) is 14.2 Å². The van der Waals surface area contributed by atoms with Gasteiger partial charge in [0.05, 0.1) is 31.4 Å². The molecular formula is C21H29N3O4. The molecule has 1 aromatic heterocycles. The van der Waals surface area contributed by atoms with Crippen molar-refractivity contribution in [3.8, 4) is 11.5 Å².